The van der Waals surface area contributed by atoms with Crippen molar-refractivity contribution in [2.24, 2.45) is 10.2 Å². The largest absolute Gasteiger partial charge is 0.235 e. The molecule has 1 atom stereocenters. The second-order valence-corrected chi connectivity index (χ2v) is 2.34. The highest BCUT2D eigenvalue weighted by Gasteiger charge is 2.29. The van der Waals surface area contributed by atoms with Gasteiger partial charge in [-0.2, -0.15) is 10.2 Å². The molecule has 62 valence electrons. The lowest BCUT2D eigenvalue weighted by molar-refractivity contribution is -0.660. The Morgan fingerprint density at radius 2 is 2.55 bits per heavy atom. The molecule has 0 aliphatic carbocycles. The molecule has 0 saturated carbocycles. The van der Waals surface area contributed by atoms with Gasteiger partial charge in [0.25, 0.3) is 0 Å². The van der Waals surface area contributed by atoms with Crippen molar-refractivity contribution in [2.45, 2.75) is 25.9 Å². The van der Waals surface area contributed by atoms with Gasteiger partial charge in [0, 0.05) is 0 Å². The van der Waals surface area contributed by atoms with Gasteiger partial charge in [-0.1, -0.05) is 18.4 Å². The molecule has 0 spiro atoms. The standard InChI is InChI=1S/C5H10N4O2/c1-2-3-5-7-6-4-8(5)9(10)11/h5H,2-4H2,1H3. The van der Waals surface area contributed by atoms with Crippen LogP contribution in [0.1, 0.15) is 19.8 Å². The minimum Gasteiger partial charge on any atom is -0.235 e. The first-order valence-corrected chi connectivity index (χ1v) is 3.53. The van der Waals surface area contributed by atoms with E-state index in [0.717, 1.165) is 11.4 Å². The molecule has 1 heterocycles. The molecule has 0 N–H and O–H groups in total. The van der Waals surface area contributed by atoms with Crippen LogP contribution >= 0.6 is 0 Å². The summed E-state index contributed by atoms with van der Waals surface area (Å²) in [6, 6.07) is 0. The number of hydrogen-bond acceptors (Lipinski definition) is 4. The molecule has 0 saturated heterocycles. The maximum atomic E-state index is 10.3. The van der Waals surface area contributed by atoms with Gasteiger partial charge in [0.15, 0.2) is 11.7 Å². The quantitative estimate of drug-likeness (QED) is 0.455. The van der Waals surface area contributed by atoms with Crippen molar-refractivity contribution < 1.29 is 5.03 Å². The molecule has 0 aromatic carbocycles. The second kappa shape index (κ2) is 3.27. The van der Waals surface area contributed by atoms with Crippen LogP contribution in [0.5, 0.6) is 0 Å². The van der Waals surface area contributed by atoms with Crippen LogP contribution in [0.15, 0.2) is 10.2 Å². The third-order valence-electron chi connectivity index (χ3n) is 1.52. The molecule has 1 unspecified atom stereocenters. The zero-order valence-electron chi connectivity index (χ0n) is 6.30. The predicted molar refractivity (Wildman–Crippen MR) is 37.3 cm³/mol. The molecule has 6 heteroatoms. The van der Waals surface area contributed by atoms with Crippen molar-refractivity contribution in [3.63, 3.8) is 0 Å². The average molecular weight is 158 g/mol. The summed E-state index contributed by atoms with van der Waals surface area (Å²) in [5.74, 6) is 0. The van der Waals surface area contributed by atoms with Crippen LogP contribution in [0, 0.1) is 10.1 Å². The summed E-state index contributed by atoms with van der Waals surface area (Å²) in [5, 5.41) is 18.2. The summed E-state index contributed by atoms with van der Waals surface area (Å²) >= 11 is 0. The van der Waals surface area contributed by atoms with Crippen molar-refractivity contribution in [1.82, 2.24) is 5.01 Å². The van der Waals surface area contributed by atoms with E-state index in [-0.39, 0.29) is 12.8 Å². The lowest BCUT2D eigenvalue weighted by atomic mass is 10.3. The molecule has 0 aromatic heterocycles. The van der Waals surface area contributed by atoms with Crippen LogP contribution in [0.4, 0.5) is 0 Å². The Bertz CT molecular complexity index is 181. The third kappa shape index (κ3) is 1.63. The Hall–Kier alpha value is -1.20. The van der Waals surface area contributed by atoms with E-state index >= 15 is 0 Å². The fraction of sp³-hybridized carbons (Fsp3) is 1.00. The minimum absolute atomic E-state index is 0.0949. The topological polar surface area (TPSA) is 71.1 Å². The summed E-state index contributed by atoms with van der Waals surface area (Å²) in [7, 11) is 0. The molecule has 1 aliphatic rings. The van der Waals surface area contributed by atoms with E-state index in [4.69, 9.17) is 0 Å². The highest BCUT2D eigenvalue weighted by atomic mass is 16.7. The van der Waals surface area contributed by atoms with Gasteiger partial charge in [-0.05, 0) is 6.42 Å². The van der Waals surface area contributed by atoms with Crippen LogP contribution in [0.3, 0.4) is 0 Å². The van der Waals surface area contributed by atoms with Crippen LogP contribution in [-0.2, 0) is 0 Å². The summed E-state index contributed by atoms with van der Waals surface area (Å²) < 4.78 is 0. The summed E-state index contributed by atoms with van der Waals surface area (Å²) in [6.45, 7) is 2.06. The summed E-state index contributed by atoms with van der Waals surface area (Å²) in [6.07, 6.45) is 1.24. The number of hydrogen-bond donors (Lipinski definition) is 0. The first-order chi connectivity index (χ1) is 5.25. The zero-order chi connectivity index (χ0) is 8.27. The number of nitro groups is 1. The SMILES string of the molecule is CCCC1N=NCN1[N+](=O)[O-]. The molecular formula is C5H10N4O2. The molecule has 0 amide bonds. The Labute approximate surface area is 64.0 Å². The van der Waals surface area contributed by atoms with Crippen molar-refractivity contribution in [3.8, 4) is 0 Å². The van der Waals surface area contributed by atoms with Crippen LogP contribution in [-0.4, -0.2) is 22.9 Å². The molecule has 0 aromatic rings. The van der Waals surface area contributed by atoms with Gasteiger partial charge in [-0.25, -0.2) is 10.1 Å². The normalized spacial score (nSPS) is 22.6. The van der Waals surface area contributed by atoms with Gasteiger partial charge < -0.3 is 0 Å². The van der Waals surface area contributed by atoms with Crippen LogP contribution < -0.4 is 0 Å². The van der Waals surface area contributed by atoms with E-state index in [1.807, 2.05) is 6.92 Å². The highest BCUT2D eigenvalue weighted by molar-refractivity contribution is 4.63. The molecule has 0 fully saturated rings. The number of hydrazine groups is 1. The first-order valence-electron chi connectivity index (χ1n) is 3.53. The zero-order valence-corrected chi connectivity index (χ0v) is 6.30. The Morgan fingerprint density at radius 1 is 1.82 bits per heavy atom. The molecular weight excluding hydrogens is 148 g/mol. The van der Waals surface area contributed by atoms with E-state index in [9.17, 15) is 10.1 Å². The maximum Gasteiger partial charge on any atom is 0.201 e. The van der Waals surface area contributed by atoms with Gasteiger partial charge in [0.2, 0.25) is 6.17 Å². The lowest BCUT2D eigenvalue weighted by Crippen LogP contribution is -2.34. The van der Waals surface area contributed by atoms with E-state index in [1.165, 1.54) is 0 Å². The fourth-order valence-electron chi connectivity index (χ4n) is 0.975. The van der Waals surface area contributed by atoms with Gasteiger partial charge in [-0.3, -0.25) is 0 Å². The molecule has 0 bridgehead atoms. The van der Waals surface area contributed by atoms with Crippen LogP contribution in [0.2, 0.25) is 0 Å². The minimum atomic E-state index is -0.444. The Kier molecular flexibility index (Phi) is 2.35. The monoisotopic (exact) mass is 158 g/mol. The summed E-state index contributed by atoms with van der Waals surface area (Å²) in [4.78, 5) is 10.3. The molecule has 1 aliphatic heterocycles. The fourth-order valence-corrected chi connectivity index (χ4v) is 0.975. The van der Waals surface area contributed by atoms with Crippen molar-refractivity contribution >= 4 is 0 Å². The van der Waals surface area contributed by atoms with Gasteiger partial charge in [0.05, 0.1) is 0 Å². The van der Waals surface area contributed by atoms with E-state index in [0.29, 0.717) is 6.42 Å². The van der Waals surface area contributed by atoms with E-state index < -0.39 is 5.03 Å². The second-order valence-electron chi connectivity index (χ2n) is 2.34. The highest BCUT2D eigenvalue weighted by Crippen LogP contribution is 2.14. The summed E-state index contributed by atoms with van der Waals surface area (Å²) in [5.41, 5.74) is 0. The average Bonchev–Trinajstić information content (AvgIpc) is 2.36. The maximum absolute atomic E-state index is 10.3. The van der Waals surface area contributed by atoms with Crippen molar-refractivity contribution in [3.05, 3.63) is 10.1 Å². The number of rotatable bonds is 3. The van der Waals surface area contributed by atoms with Crippen molar-refractivity contribution in [2.75, 3.05) is 6.67 Å². The van der Waals surface area contributed by atoms with E-state index in [2.05, 4.69) is 10.2 Å². The molecule has 11 heavy (non-hydrogen) atoms. The van der Waals surface area contributed by atoms with Gasteiger partial charge in [0.1, 0.15) is 0 Å². The van der Waals surface area contributed by atoms with Crippen molar-refractivity contribution in [1.29, 1.82) is 0 Å². The predicted octanol–water partition coefficient (Wildman–Crippen LogP) is 1.03. The number of nitrogens with zero attached hydrogens (tertiary/aromatic N) is 4. The molecule has 1 rings (SSSR count). The number of azo groups is 1. The molecule has 0 radical (unpaired) electrons. The lowest BCUT2D eigenvalue weighted by Gasteiger charge is -2.11. The van der Waals surface area contributed by atoms with Crippen LogP contribution in [0.25, 0.3) is 0 Å². The Balaban J connectivity index is 2.49. The third-order valence-corrected chi connectivity index (χ3v) is 1.52. The molecule has 6 nitrogen and oxygen atoms in total. The first kappa shape index (κ1) is 7.90. The van der Waals surface area contributed by atoms with E-state index in [1.54, 1.807) is 0 Å². The Morgan fingerprint density at radius 3 is 3.09 bits per heavy atom. The van der Waals surface area contributed by atoms with Gasteiger partial charge >= 0.3 is 0 Å². The van der Waals surface area contributed by atoms with Gasteiger partial charge in [-0.15, -0.1) is 0 Å². The smallest absolute Gasteiger partial charge is 0.201 e.